The van der Waals surface area contributed by atoms with Crippen molar-refractivity contribution in [2.45, 2.75) is 38.1 Å². The van der Waals surface area contributed by atoms with E-state index in [1.165, 1.54) is 11.1 Å². The third-order valence-electron chi connectivity index (χ3n) is 4.69. The number of hydrogen-bond acceptors (Lipinski definition) is 2. The average molecular weight is 296 g/mol. The molecule has 0 amide bonds. The van der Waals surface area contributed by atoms with E-state index in [0.29, 0.717) is 12.5 Å². The van der Waals surface area contributed by atoms with Gasteiger partial charge in [-0.1, -0.05) is 67.6 Å². The second kappa shape index (κ2) is 6.64. The van der Waals surface area contributed by atoms with Gasteiger partial charge in [-0.25, -0.2) is 0 Å². The minimum Gasteiger partial charge on any atom is -0.330 e. The molecule has 0 aliphatic heterocycles. The zero-order chi connectivity index (χ0) is 16.2. The van der Waals surface area contributed by atoms with E-state index in [2.05, 4.69) is 81.4 Å². The van der Waals surface area contributed by atoms with Gasteiger partial charge in [-0.3, -0.25) is 0 Å². The monoisotopic (exact) mass is 296 g/mol. The van der Waals surface area contributed by atoms with E-state index in [4.69, 9.17) is 11.5 Å². The zero-order valence-corrected chi connectivity index (χ0v) is 13.9. The van der Waals surface area contributed by atoms with E-state index < -0.39 is 5.54 Å². The maximum atomic E-state index is 6.74. The van der Waals surface area contributed by atoms with Gasteiger partial charge in [0.25, 0.3) is 0 Å². The van der Waals surface area contributed by atoms with E-state index in [9.17, 15) is 0 Å². The van der Waals surface area contributed by atoms with Gasteiger partial charge in [0.05, 0.1) is 0 Å². The second-order valence-corrected chi connectivity index (χ2v) is 6.90. The Morgan fingerprint density at radius 1 is 0.864 bits per heavy atom. The Morgan fingerprint density at radius 3 is 1.59 bits per heavy atom. The van der Waals surface area contributed by atoms with Crippen molar-refractivity contribution in [3.8, 4) is 0 Å². The quantitative estimate of drug-likeness (QED) is 0.854. The molecular weight excluding hydrogens is 268 g/mol. The second-order valence-electron chi connectivity index (χ2n) is 6.90. The average Bonchev–Trinajstić information content (AvgIpc) is 2.52. The Balaban J connectivity index is 2.70. The van der Waals surface area contributed by atoms with Gasteiger partial charge in [0.1, 0.15) is 0 Å². The molecule has 0 heterocycles. The molecule has 0 radical (unpaired) electrons. The van der Waals surface area contributed by atoms with Crippen molar-refractivity contribution < 1.29 is 0 Å². The predicted molar refractivity (Wildman–Crippen MR) is 94.8 cm³/mol. The standard InChI is InChI=1S/C20H28N2/c1-16(15-21)14-20(19(2,3)22,17-10-6-4-7-11-17)18-12-8-5-9-13-18/h4-13,16H,14-15,21-22H2,1-3H3. The first-order chi connectivity index (χ1) is 10.4. The fourth-order valence-electron chi connectivity index (χ4n) is 3.46. The predicted octanol–water partition coefficient (Wildman–Crippen LogP) is 3.69. The van der Waals surface area contributed by atoms with Crippen LogP contribution >= 0.6 is 0 Å². The van der Waals surface area contributed by atoms with E-state index >= 15 is 0 Å². The van der Waals surface area contributed by atoms with Crippen molar-refractivity contribution in [1.82, 2.24) is 0 Å². The van der Waals surface area contributed by atoms with Crippen molar-refractivity contribution in [2.75, 3.05) is 6.54 Å². The van der Waals surface area contributed by atoms with Crippen LogP contribution in [0.1, 0.15) is 38.3 Å². The lowest BCUT2D eigenvalue weighted by Gasteiger charge is -2.47. The van der Waals surface area contributed by atoms with Gasteiger partial charge < -0.3 is 11.5 Å². The number of nitrogens with two attached hydrogens (primary N) is 2. The summed E-state index contributed by atoms with van der Waals surface area (Å²) in [6.45, 7) is 7.11. The Morgan fingerprint density at radius 2 is 1.27 bits per heavy atom. The highest BCUT2D eigenvalue weighted by molar-refractivity contribution is 5.43. The van der Waals surface area contributed by atoms with E-state index in [0.717, 1.165) is 6.42 Å². The molecule has 2 heteroatoms. The summed E-state index contributed by atoms with van der Waals surface area (Å²) in [6, 6.07) is 21.2. The molecule has 1 unspecified atom stereocenters. The topological polar surface area (TPSA) is 52.0 Å². The summed E-state index contributed by atoms with van der Waals surface area (Å²) in [5.41, 5.74) is 14.5. The van der Waals surface area contributed by atoms with Crippen molar-refractivity contribution in [1.29, 1.82) is 0 Å². The summed E-state index contributed by atoms with van der Waals surface area (Å²) < 4.78 is 0. The Labute approximate surface area is 134 Å². The van der Waals surface area contributed by atoms with Crippen LogP contribution in [-0.2, 0) is 5.41 Å². The van der Waals surface area contributed by atoms with Crippen LogP contribution in [0.3, 0.4) is 0 Å². The van der Waals surface area contributed by atoms with Crippen molar-refractivity contribution in [2.24, 2.45) is 17.4 Å². The van der Waals surface area contributed by atoms with Crippen molar-refractivity contribution in [3.63, 3.8) is 0 Å². The Bertz CT molecular complexity index is 530. The molecule has 0 aromatic heterocycles. The van der Waals surface area contributed by atoms with Gasteiger partial charge in [-0.05, 0) is 43.9 Å². The third-order valence-corrected chi connectivity index (χ3v) is 4.69. The molecule has 2 nitrogen and oxygen atoms in total. The molecule has 0 bridgehead atoms. The van der Waals surface area contributed by atoms with Gasteiger partial charge in [0.2, 0.25) is 0 Å². The van der Waals surface area contributed by atoms with Crippen LogP contribution in [0.25, 0.3) is 0 Å². The first-order valence-electron chi connectivity index (χ1n) is 8.02. The van der Waals surface area contributed by atoms with Crippen molar-refractivity contribution >= 4 is 0 Å². The first kappa shape index (κ1) is 16.7. The normalized spacial score (nSPS) is 13.9. The van der Waals surface area contributed by atoms with Crippen LogP contribution < -0.4 is 11.5 Å². The molecule has 118 valence electrons. The summed E-state index contributed by atoms with van der Waals surface area (Å²) in [4.78, 5) is 0. The van der Waals surface area contributed by atoms with Gasteiger partial charge >= 0.3 is 0 Å². The molecule has 4 N–H and O–H groups in total. The maximum absolute atomic E-state index is 6.74. The fourth-order valence-corrected chi connectivity index (χ4v) is 3.46. The van der Waals surface area contributed by atoms with Crippen LogP contribution in [0.4, 0.5) is 0 Å². The highest BCUT2D eigenvalue weighted by Gasteiger charge is 2.45. The molecule has 2 rings (SSSR count). The van der Waals surface area contributed by atoms with Gasteiger partial charge in [-0.2, -0.15) is 0 Å². The lowest BCUT2D eigenvalue weighted by atomic mass is 9.59. The number of hydrogen-bond donors (Lipinski definition) is 2. The Kier molecular flexibility index (Phi) is 5.05. The van der Waals surface area contributed by atoms with Gasteiger partial charge in [-0.15, -0.1) is 0 Å². The minimum atomic E-state index is -0.404. The molecule has 0 spiro atoms. The molecular formula is C20H28N2. The fraction of sp³-hybridized carbons (Fsp3) is 0.400. The van der Waals surface area contributed by atoms with Crippen LogP contribution in [0.15, 0.2) is 60.7 Å². The first-order valence-corrected chi connectivity index (χ1v) is 8.02. The molecule has 0 fully saturated rings. The molecule has 2 aromatic carbocycles. The minimum absolute atomic E-state index is 0.256. The summed E-state index contributed by atoms with van der Waals surface area (Å²) in [5, 5.41) is 0. The third kappa shape index (κ3) is 3.08. The van der Waals surface area contributed by atoms with E-state index in [-0.39, 0.29) is 5.41 Å². The molecule has 22 heavy (non-hydrogen) atoms. The van der Waals surface area contributed by atoms with Crippen molar-refractivity contribution in [3.05, 3.63) is 71.8 Å². The SMILES string of the molecule is CC(CN)CC(c1ccccc1)(c1ccccc1)C(C)(C)N. The number of benzene rings is 2. The van der Waals surface area contributed by atoms with E-state index in [1.807, 2.05) is 0 Å². The van der Waals surface area contributed by atoms with Crippen LogP contribution in [0.5, 0.6) is 0 Å². The molecule has 1 atom stereocenters. The zero-order valence-electron chi connectivity index (χ0n) is 13.9. The van der Waals surface area contributed by atoms with Gasteiger partial charge in [0, 0.05) is 11.0 Å². The van der Waals surface area contributed by atoms with E-state index in [1.54, 1.807) is 0 Å². The maximum Gasteiger partial charge on any atom is 0.0379 e. The molecule has 0 aliphatic carbocycles. The summed E-state index contributed by atoms with van der Waals surface area (Å²) in [5.74, 6) is 0.392. The molecule has 0 aliphatic rings. The van der Waals surface area contributed by atoms with Crippen LogP contribution in [0, 0.1) is 5.92 Å². The lowest BCUT2D eigenvalue weighted by molar-refractivity contribution is 0.253. The summed E-state index contributed by atoms with van der Waals surface area (Å²) in [7, 11) is 0. The summed E-state index contributed by atoms with van der Waals surface area (Å²) >= 11 is 0. The highest BCUT2D eigenvalue weighted by atomic mass is 14.8. The Hall–Kier alpha value is -1.64. The summed E-state index contributed by atoms with van der Waals surface area (Å²) in [6.07, 6.45) is 0.932. The van der Waals surface area contributed by atoms with Gasteiger partial charge in [0.15, 0.2) is 0 Å². The lowest BCUT2D eigenvalue weighted by Crippen LogP contribution is -2.55. The number of rotatable bonds is 6. The van der Waals surface area contributed by atoms with Crippen LogP contribution in [0.2, 0.25) is 0 Å². The molecule has 0 saturated heterocycles. The molecule has 0 saturated carbocycles. The highest BCUT2D eigenvalue weighted by Crippen LogP contribution is 2.45. The largest absolute Gasteiger partial charge is 0.330 e. The smallest absolute Gasteiger partial charge is 0.0379 e. The molecule has 2 aromatic rings. The van der Waals surface area contributed by atoms with Crippen LogP contribution in [-0.4, -0.2) is 12.1 Å².